The van der Waals surface area contributed by atoms with Crippen LogP contribution in [0.5, 0.6) is 0 Å². The lowest BCUT2D eigenvalue weighted by Gasteiger charge is -2.19. The van der Waals surface area contributed by atoms with E-state index in [1.165, 1.54) is 11.0 Å². The Balaban J connectivity index is 2.13. The number of carbonyl (C=O) groups is 2. The number of nitrogens with zero attached hydrogens (tertiary/aromatic N) is 1. The molecule has 1 amide bonds. The molecule has 1 fully saturated rings. The minimum Gasteiger partial charge on any atom is -0.480 e. The third kappa shape index (κ3) is 3.49. The molecule has 0 spiro atoms. The van der Waals surface area contributed by atoms with Crippen molar-refractivity contribution in [2.45, 2.75) is 32.4 Å². The van der Waals surface area contributed by atoms with Crippen LogP contribution < -0.4 is 0 Å². The molecule has 0 aromatic heterocycles. The SMILES string of the molecule is Cc1ccc(C=CC(=O)N2C[C@H](O)C[C@H]2C(=O)O)c(C)c1. The summed E-state index contributed by atoms with van der Waals surface area (Å²) in [4.78, 5) is 24.4. The number of hydrogen-bond donors (Lipinski definition) is 2. The minimum absolute atomic E-state index is 0.0625. The van der Waals surface area contributed by atoms with Gasteiger partial charge in [0.1, 0.15) is 6.04 Å². The van der Waals surface area contributed by atoms with Gasteiger partial charge < -0.3 is 15.1 Å². The van der Waals surface area contributed by atoms with Crippen molar-refractivity contribution < 1.29 is 19.8 Å². The first kappa shape index (κ1) is 15.3. The quantitative estimate of drug-likeness (QED) is 0.824. The van der Waals surface area contributed by atoms with E-state index in [-0.39, 0.29) is 18.9 Å². The van der Waals surface area contributed by atoms with Crippen molar-refractivity contribution in [3.63, 3.8) is 0 Å². The monoisotopic (exact) mass is 289 g/mol. The summed E-state index contributed by atoms with van der Waals surface area (Å²) in [5.74, 6) is -1.47. The molecule has 21 heavy (non-hydrogen) atoms. The van der Waals surface area contributed by atoms with Crippen LogP contribution in [0.3, 0.4) is 0 Å². The van der Waals surface area contributed by atoms with Crippen molar-refractivity contribution in [2.75, 3.05) is 6.54 Å². The van der Waals surface area contributed by atoms with Gasteiger partial charge in [-0.15, -0.1) is 0 Å². The highest BCUT2D eigenvalue weighted by molar-refractivity contribution is 5.95. The summed E-state index contributed by atoms with van der Waals surface area (Å²) in [6, 6.07) is 4.94. The second-order valence-electron chi connectivity index (χ2n) is 5.43. The third-order valence-corrected chi connectivity index (χ3v) is 3.68. The normalized spacial score (nSPS) is 22.0. The molecule has 1 heterocycles. The number of carbonyl (C=O) groups excluding carboxylic acids is 1. The molecule has 112 valence electrons. The Labute approximate surface area is 123 Å². The lowest BCUT2D eigenvalue weighted by molar-refractivity contribution is -0.146. The van der Waals surface area contributed by atoms with Crippen LogP contribution in [0.4, 0.5) is 0 Å². The molecule has 1 aromatic rings. The molecular weight excluding hydrogens is 270 g/mol. The zero-order valence-electron chi connectivity index (χ0n) is 12.1. The summed E-state index contributed by atoms with van der Waals surface area (Å²) in [6.45, 7) is 4.01. The van der Waals surface area contributed by atoms with Gasteiger partial charge in [0.2, 0.25) is 5.91 Å². The lowest BCUT2D eigenvalue weighted by atomic mass is 10.1. The Morgan fingerprint density at radius 3 is 2.67 bits per heavy atom. The van der Waals surface area contributed by atoms with Crippen LogP contribution in [0.15, 0.2) is 24.3 Å². The van der Waals surface area contributed by atoms with Crippen LogP contribution >= 0.6 is 0 Å². The molecule has 0 saturated carbocycles. The highest BCUT2D eigenvalue weighted by Crippen LogP contribution is 2.19. The summed E-state index contributed by atoms with van der Waals surface area (Å²) in [6.07, 6.45) is 2.36. The zero-order chi connectivity index (χ0) is 15.6. The molecule has 1 aliphatic rings. The van der Waals surface area contributed by atoms with Crippen LogP contribution in [-0.4, -0.2) is 45.7 Å². The van der Waals surface area contributed by atoms with E-state index in [4.69, 9.17) is 5.11 Å². The molecule has 1 saturated heterocycles. The number of rotatable bonds is 3. The predicted molar refractivity (Wildman–Crippen MR) is 78.7 cm³/mol. The number of aliphatic hydroxyl groups excluding tert-OH is 1. The number of β-amino-alcohol motifs (C(OH)–C–C–N with tert-alkyl or cyclic N) is 1. The number of carboxylic acid groups (broad SMARTS) is 1. The number of carboxylic acids is 1. The van der Waals surface area contributed by atoms with Crippen LogP contribution in [0.1, 0.15) is 23.1 Å². The van der Waals surface area contributed by atoms with Crippen molar-refractivity contribution in [1.29, 1.82) is 0 Å². The van der Waals surface area contributed by atoms with Crippen LogP contribution in [0.2, 0.25) is 0 Å². The molecule has 5 nitrogen and oxygen atoms in total. The second-order valence-corrected chi connectivity index (χ2v) is 5.43. The molecule has 2 atom stereocenters. The van der Waals surface area contributed by atoms with Gasteiger partial charge in [0, 0.05) is 19.0 Å². The first-order chi connectivity index (χ1) is 9.88. The van der Waals surface area contributed by atoms with Crippen LogP contribution in [0, 0.1) is 13.8 Å². The molecular formula is C16H19NO4. The molecule has 0 bridgehead atoms. The Morgan fingerprint density at radius 1 is 1.33 bits per heavy atom. The number of amides is 1. The fraction of sp³-hybridized carbons (Fsp3) is 0.375. The largest absolute Gasteiger partial charge is 0.480 e. The van der Waals surface area contributed by atoms with Gasteiger partial charge in [-0.25, -0.2) is 4.79 Å². The van der Waals surface area contributed by atoms with Gasteiger partial charge in [-0.05, 0) is 31.1 Å². The Morgan fingerprint density at radius 2 is 2.05 bits per heavy atom. The first-order valence-corrected chi connectivity index (χ1v) is 6.85. The van der Waals surface area contributed by atoms with Gasteiger partial charge in [0.25, 0.3) is 0 Å². The summed E-state index contributed by atoms with van der Waals surface area (Å²) in [5.41, 5.74) is 3.11. The van der Waals surface area contributed by atoms with Gasteiger partial charge in [-0.2, -0.15) is 0 Å². The summed E-state index contributed by atoms with van der Waals surface area (Å²) >= 11 is 0. The number of aliphatic carboxylic acids is 1. The molecule has 5 heteroatoms. The average molecular weight is 289 g/mol. The minimum atomic E-state index is -1.08. The molecule has 0 unspecified atom stereocenters. The fourth-order valence-electron chi connectivity index (χ4n) is 2.56. The highest BCUT2D eigenvalue weighted by atomic mass is 16.4. The van der Waals surface area contributed by atoms with Crippen molar-refractivity contribution in [1.82, 2.24) is 4.90 Å². The van der Waals surface area contributed by atoms with E-state index in [0.717, 1.165) is 16.7 Å². The molecule has 0 radical (unpaired) electrons. The van der Waals surface area contributed by atoms with E-state index in [9.17, 15) is 14.7 Å². The molecule has 1 aromatic carbocycles. The average Bonchev–Trinajstić information content (AvgIpc) is 2.80. The number of benzene rings is 1. The van der Waals surface area contributed by atoms with Gasteiger partial charge in [-0.1, -0.05) is 23.8 Å². The number of aliphatic hydroxyl groups is 1. The van der Waals surface area contributed by atoms with E-state index in [2.05, 4.69) is 0 Å². The zero-order valence-corrected chi connectivity index (χ0v) is 12.1. The van der Waals surface area contributed by atoms with Gasteiger partial charge in [0.05, 0.1) is 6.10 Å². The summed E-state index contributed by atoms with van der Waals surface area (Å²) < 4.78 is 0. The van der Waals surface area contributed by atoms with E-state index >= 15 is 0 Å². The highest BCUT2D eigenvalue weighted by Gasteiger charge is 2.37. The topological polar surface area (TPSA) is 77.8 Å². The summed E-state index contributed by atoms with van der Waals surface area (Å²) in [7, 11) is 0. The van der Waals surface area contributed by atoms with E-state index in [1.807, 2.05) is 32.0 Å². The van der Waals surface area contributed by atoms with Crippen LogP contribution in [-0.2, 0) is 9.59 Å². The fourth-order valence-corrected chi connectivity index (χ4v) is 2.56. The van der Waals surface area contributed by atoms with Gasteiger partial charge in [-0.3, -0.25) is 4.79 Å². The molecule has 2 N–H and O–H groups in total. The maximum Gasteiger partial charge on any atom is 0.326 e. The summed E-state index contributed by atoms with van der Waals surface area (Å²) in [5, 5.41) is 18.6. The van der Waals surface area contributed by atoms with Crippen molar-refractivity contribution in [2.24, 2.45) is 0 Å². The van der Waals surface area contributed by atoms with Gasteiger partial charge in [0.15, 0.2) is 0 Å². The lowest BCUT2D eigenvalue weighted by Crippen LogP contribution is -2.39. The number of aryl methyl sites for hydroxylation is 2. The Bertz CT molecular complexity index is 594. The van der Waals surface area contributed by atoms with E-state index < -0.39 is 18.1 Å². The van der Waals surface area contributed by atoms with Gasteiger partial charge >= 0.3 is 5.97 Å². The maximum atomic E-state index is 12.1. The van der Waals surface area contributed by atoms with Crippen molar-refractivity contribution >= 4 is 18.0 Å². The van der Waals surface area contributed by atoms with Crippen molar-refractivity contribution in [3.05, 3.63) is 41.0 Å². The van der Waals surface area contributed by atoms with Crippen molar-refractivity contribution in [3.8, 4) is 0 Å². The van der Waals surface area contributed by atoms with E-state index in [1.54, 1.807) is 6.08 Å². The predicted octanol–water partition coefficient (Wildman–Crippen LogP) is 1.36. The first-order valence-electron chi connectivity index (χ1n) is 6.85. The molecule has 0 aliphatic carbocycles. The molecule has 2 rings (SSSR count). The molecule has 1 aliphatic heterocycles. The number of hydrogen-bond acceptors (Lipinski definition) is 3. The van der Waals surface area contributed by atoms with E-state index in [0.29, 0.717) is 0 Å². The standard InChI is InChI=1S/C16H19NO4/c1-10-3-4-12(11(2)7-10)5-6-15(19)17-9-13(18)8-14(17)16(20)21/h3-7,13-14,18H,8-9H2,1-2H3,(H,20,21)/t13-,14+/m1/s1. The smallest absolute Gasteiger partial charge is 0.326 e. The number of likely N-dealkylation sites (tertiary alicyclic amines) is 1. The Hall–Kier alpha value is -2.14. The third-order valence-electron chi connectivity index (χ3n) is 3.68. The second kappa shape index (κ2) is 6.10. The van der Waals surface area contributed by atoms with Crippen LogP contribution in [0.25, 0.3) is 6.08 Å². The maximum absolute atomic E-state index is 12.1. The Kier molecular flexibility index (Phi) is 4.43.